The Balaban J connectivity index is 0.00000658. The van der Waals surface area contributed by atoms with Crippen molar-refractivity contribution < 1.29 is 42.3 Å². The molecule has 8 nitrogen and oxygen atoms in total. The number of para-hydroxylation sites is 6. The van der Waals surface area contributed by atoms with Gasteiger partial charge in [-0.3, -0.25) is 0 Å². The van der Waals surface area contributed by atoms with Gasteiger partial charge in [0.05, 0.1) is 23.4 Å². The Bertz CT molecular complexity index is 4480. The van der Waals surface area contributed by atoms with Crippen LogP contribution in [0, 0.1) is 18.8 Å². The topological polar surface area (TPSA) is 44.9 Å². The molecule has 0 saturated heterocycles. The van der Waals surface area contributed by atoms with Gasteiger partial charge in [-0.2, -0.15) is 6.07 Å². The second-order valence-electron chi connectivity index (χ2n) is 17.3. The zero-order valence-corrected chi connectivity index (χ0v) is 40.1. The Hall–Kier alpha value is -8.45. The molecule has 9 aromatic rings. The summed E-state index contributed by atoms with van der Waals surface area (Å²) in [6.07, 6.45) is 24.7. The first-order valence-corrected chi connectivity index (χ1v) is 23.0. The van der Waals surface area contributed by atoms with E-state index >= 15 is 0 Å². The average molecular weight is 1120 g/mol. The number of ether oxygens (including phenoxy) is 1. The molecule has 0 unspecified atom stereocenters. The van der Waals surface area contributed by atoms with Crippen molar-refractivity contribution in [3.63, 3.8) is 0 Å². The monoisotopic (exact) mass is 1120 g/mol. The second-order valence-corrected chi connectivity index (χ2v) is 17.3. The summed E-state index contributed by atoms with van der Waals surface area (Å²) in [4.78, 5) is 13.2. The van der Waals surface area contributed by atoms with Gasteiger partial charge in [0, 0.05) is 66.2 Å². The zero-order chi connectivity index (χ0) is 57.3. The Labute approximate surface area is 450 Å². The van der Waals surface area contributed by atoms with Crippen molar-refractivity contribution in [2.45, 2.75) is 0 Å². The van der Waals surface area contributed by atoms with Crippen molar-refractivity contribution in [1.82, 2.24) is 23.7 Å². The van der Waals surface area contributed by atoms with Gasteiger partial charge in [0.25, 0.3) is 0 Å². The molecule has 0 atom stereocenters. The van der Waals surface area contributed by atoms with Crippen molar-refractivity contribution in [2.75, 3.05) is 9.80 Å². The van der Waals surface area contributed by atoms with E-state index in [1.54, 1.807) is 42.5 Å². The Morgan fingerprint density at radius 1 is 0.611 bits per heavy atom. The summed E-state index contributed by atoms with van der Waals surface area (Å²) in [6, 6.07) is 29.7. The fraction of sp³-hybridized carbons (Fsp3) is 0.0164. The molecule has 0 amide bonds. The number of fused-ring (bicyclic) bond motifs is 7. The van der Waals surface area contributed by atoms with Gasteiger partial charge >= 0.3 is 13.7 Å². The van der Waals surface area contributed by atoms with Crippen molar-refractivity contribution in [3.8, 4) is 28.6 Å². The fourth-order valence-electron chi connectivity index (χ4n) is 10.2. The third kappa shape index (κ3) is 7.16. The van der Waals surface area contributed by atoms with E-state index in [-0.39, 0.29) is 91.3 Å². The Morgan fingerprint density at radius 2 is 1.29 bits per heavy atom. The number of aryl methyl sites for hydroxylation is 1. The molecule has 0 spiro atoms. The van der Waals surface area contributed by atoms with E-state index in [0.29, 0.717) is 16.6 Å². The van der Waals surface area contributed by atoms with Crippen LogP contribution in [0.4, 0.5) is 22.7 Å². The summed E-state index contributed by atoms with van der Waals surface area (Å²) in [5, 5.41) is 0.408. The van der Waals surface area contributed by atoms with Gasteiger partial charge in [-0.05, 0) is 112 Å². The van der Waals surface area contributed by atoms with Gasteiger partial charge in [0.15, 0.2) is 0 Å². The van der Waals surface area contributed by atoms with E-state index in [1.807, 2.05) is 60.1 Å². The van der Waals surface area contributed by atoms with E-state index in [2.05, 4.69) is 106 Å². The third-order valence-electron chi connectivity index (χ3n) is 13.3. The summed E-state index contributed by atoms with van der Waals surface area (Å²) in [5.74, 6) is 4.25. The average Bonchev–Trinajstić information content (AvgIpc) is 1.89. The van der Waals surface area contributed by atoms with Crippen LogP contribution < -0.4 is 14.5 Å². The van der Waals surface area contributed by atoms with Crippen molar-refractivity contribution in [2.24, 2.45) is 6.98 Å². The van der Waals surface area contributed by atoms with Crippen LogP contribution in [0.3, 0.4) is 0 Å². The molecule has 346 valence electrons. The molecule has 0 saturated carbocycles. The van der Waals surface area contributed by atoms with Gasteiger partial charge in [-0.15, -0.1) is 53.6 Å². The number of aromatic nitrogens is 3. The predicted molar refractivity (Wildman–Crippen MR) is 292 cm³/mol. The molecule has 0 bridgehead atoms. The fourth-order valence-corrected chi connectivity index (χ4v) is 10.2. The van der Waals surface area contributed by atoms with E-state index in [4.69, 9.17) is 22.1 Å². The zero-order valence-electron chi connectivity index (χ0n) is 49.8. The van der Waals surface area contributed by atoms with Gasteiger partial charge < -0.3 is 33.3 Å². The smallest absolute Gasteiger partial charge is 0.320 e. The van der Waals surface area contributed by atoms with E-state index in [1.165, 1.54) is 10.6 Å². The minimum Gasteiger partial charge on any atom is -0.509 e. The number of allylic oxidation sites excluding steroid dienone is 8. The Morgan fingerprint density at radius 3 is 2.04 bits per heavy atom. The SMILES string of the molecule is [2H]c1c([2H])c([2H])c(-c2cc(Oc3[c-]c4c(cc3)c3c([2H])c([2H])c([2H])c([2H])c3n4-c3nc4ccccc4n3C([2H])([2H])[2H])[c-]c(N3[CH-]N(c4c(C5=CC=CN6C=CC=CB56)cccc4C4=CC=CN5C=CC=CB45)c4ccccc43)c2)c([2H])c1[2H].[Pt]. The summed E-state index contributed by atoms with van der Waals surface area (Å²) >= 11 is 0. The molecular formula is C61H42B2N7OPt-3. The molecule has 0 N–H and O–H groups in total. The quantitative estimate of drug-likeness (QED) is 0.112. The summed E-state index contributed by atoms with van der Waals surface area (Å²) in [6.45, 7) is -1.07. The third-order valence-corrected chi connectivity index (χ3v) is 13.3. The van der Waals surface area contributed by atoms with Crippen LogP contribution in [-0.2, 0) is 28.0 Å². The van der Waals surface area contributed by atoms with E-state index in [9.17, 15) is 4.11 Å². The largest absolute Gasteiger partial charge is 0.509 e. The summed E-state index contributed by atoms with van der Waals surface area (Å²) < 4.78 is 115. The molecule has 0 fully saturated rings. The van der Waals surface area contributed by atoms with Crippen molar-refractivity contribution in [3.05, 3.63) is 261 Å². The number of hydrogen-bond donors (Lipinski definition) is 0. The first kappa shape index (κ1) is 32.4. The maximum atomic E-state index is 9.21. The normalized spacial score (nSPS) is 17.9. The number of anilines is 4. The van der Waals surface area contributed by atoms with Crippen LogP contribution >= 0.6 is 0 Å². The van der Waals surface area contributed by atoms with Gasteiger partial charge in [-0.1, -0.05) is 133 Å². The van der Waals surface area contributed by atoms with E-state index < -0.39 is 55.3 Å². The van der Waals surface area contributed by atoms with Gasteiger partial charge in [0.2, 0.25) is 5.95 Å². The Kier molecular flexibility index (Phi) is 8.00. The number of imidazole rings is 1. The van der Waals surface area contributed by atoms with Gasteiger partial charge in [0.1, 0.15) is 0 Å². The van der Waals surface area contributed by atoms with Crippen LogP contribution in [0.2, 0.25) is 0 Å². The minimum absolute atomic E-state index is 0. The van der Waals surface area contributed by atoms with Crippen molar-refractivity contribution >= 4 is 80.2 Å². The molecular weight excluding hydrogens is 1060 g/mol. The van der Waals surface area contributed by atoms with Crippen molar-refractivity contribution in [1.29, 1.82) is 0 Å². The maximum Gasteiger partial charge on any atom is 0.320 e. The molecule has 5 aliphatic rings. The second kappa shape index (κ2) is 17.7. The summed E-state index contributed by atoms with van der Waals surface area (Å²) in [5.41, 5.74) is 7.64. The minimum atomic E-state index is -2.81. The maximum absolute atomic E-state index is 9.21. The number of nitrogens with zero attached hydrogens (tertiary/aromatic N) is 7. The van der Waals surface area contributed by atoms with Crippen LogP contribution in [-0.4, -0.2) is 37.4 Å². The standard InChI is InChI=1S/C61H42B2N7O.Pt/c1-65-56-27-8-6-25-54(56)64-61(65)70-55-26-7-5-20-48(55)49-31-30-46(41-59(49)70)71-47-39-44(43-18-3-2-4-19-43)38-45(40-47)68-42-69(58-29-10-9-28-57(58)68)60-50(52-23-16-36-66-34-13-11-32-62(52)66)21-15-22-51(60)53-24-17-37-67-35-14-12-33-63(53)67;/h2-39,42H,1H3;/q-3;/i1D3,2D,3D,4D,5D,7D,18D,19D,20D,26D;. The van der Waals surface area contributed by atoms with Gasteiger partial charge in [-0.25, -0.2) is 4.98 Å². The van der Waals surface area contributed by atoms with Crippen LogP contribution in [0.1, 0.15) is 27.6 Å². The molecule has 0 radical (unpaired) electrons. The molecule has 5 aliphatic heterocycles. The molecule has 0 aliphatic carbocycles. The number of hydrogen-bond acceptors (Lipinski definition) is 6. The number of rotatable bonds is 8. The van der Waals surface area contributed by atoms with Crippen LogP contribution in [0.5, 0.6) is 11.5 Å². The molecule has 11 heteroatoms. The van der Waals surface area contributed by atoms with E-state index in [0.717, 1.165) is 43.7 Å². The first-order valence-electron chi connectivity index (χ1n) is 29.0. The van der Waals surface area contributed by atoms with Crippen LogP contribution in [0.15, 0.2) is 231 Å². The predicted octanol–water partition coefficient (Wildman–Crippen LogP) is 13.9. The molecule has 72 heavy (non-hydrogen) atoms. The van der Waals surface area contributed by atoms with Crippen LogP contribution in [0.25, 0.3) is 60.9 Å². The first-order chi connectivity index (χ1) is 40.1. The number of benzene rings is 7. The molecule has 7 heterocycles. The molecule has 14 rings (SSSR count). The molecule has 2 aromatic heterocycles. The molecule has 7 aromatic carbocycles. The summed E-state index contributed by atoms with van der Waals surface area (Å²) in [7, 11) is 0.